The normalized spacial score (nSPS) is 21.9. The molecule has 86 heavy (non-hydrogen) atoms. The molecule has 0 bridgehead atoms. The van der Waals surface area contributed by atoms with E-state index >= 15 is 0 Å². The molecule has 20 N–H and O–H groups in total. The third-order valence-corrected chi connectivity index (χ3v) is 12.6. The molecule has 7 amide bonds. The largest absolute Gasteiger partial charge is 0.477 e. The number of carbonyl (C=O) groups is 9. The van der Waals surface area contributed by atoms with Gasteiger partial charge in [-0.05, 0) is 25.0 Å². The number of alkyl carbamates (subject to hydrolysis) is 2. The third kappa shape index (κ3) is 24.7. The van der Waals surface area contributed by atoms with E-state index in [1.807, 2.05) is 0 Å². The quantitative estimate of drug-likeness (QED) is 0.0119. The molecule has 0 spiro atoms. The van der Waals surface area contributed by atoms with Crippen LogP contribution in [0.15, 0.2) is 33.7 Å². The lowest BCUT2D eigenvalue weighted by Gasteiger charge is -2.39. The zero-order valence-electron chi connectivity index (χ0n) is 47.4. The van der Waals surface area contributed by atoms with Crippen molar-refractivity contribution in [1.82, 2.24) is 36.8 Å². The summed E-state index contributed by atoms with van der Waals surface area (Å²) in [5.41, 5.74) is 22.1. The number of aliphatic hydroxyl groups is 4. The number of aliphatic imine (C=N–C) groups is 2. The van der Waals surface area contributed by atoms with Crippen molar-refractivity contribution in [1.29, 1.82) is 0 Å². The maximum absolute atomic E-state index is 13.8. The summed E-state index contributed by atoms with van der Waals surface area (Å²) in [5, 5.41) is 75.7. The Morgan fingerprint density at radius 3 is 1.35 bits per heavy atom. The van der Waals surface area contributed by atoms with Gasteiger partial charge in [-0.2, -0.15) is 0 Å². The first-order chi connectivity index (χ1) is 40.9. The van der Waals surface area contributed by atoms with Crippen LogP contribution in [0.5, 0.6) is 0 Å². The summed E-state index contributed by atoms with van der Waals surface area (Å²) in [7, 11) is 0. The molecule has 36 nitrogen and oxygen atoms in total. The van der Waals surface area contributed by atoms with Gasteiger partial charge in [0.25, 0.3) is 0 Å². The predicted octanol–water partition coefficient (Wildman–Crippen LogP) is -7.91. The molecule has 12 atom stereocenters. The van der Waals surface area contributed by atoms with Crippen LogP contribution >= 0.6 is 0 Å². The van der Waals surface area contributed by atoms with Gasteiger partial charge in [-0.15, -0.1) is 6.42 Å². The fraction of sp³-hybridized carbons (Fsp3) is 0.660. The molecule has 3 aliphatic rings. The van der Waals surface area contributed by atoms with E-state index in [9.17, 15) is 73.8 Å². The van der Waals surface area contributed by atoms with Gasteiger partial charge in [0.05, 0.1) is 102 Å². The van der Waals surface area contributed by atoms with E-state index in [-0.39, 0.29) is 91.6 Å². The highest BCUT2D eigenvalue weighted by Gasteiger charge is 2.49. The molecule has 0 aromatic rings. The average molecular weight is 1230 g/mol. The van der Waals surface area contributed by atoms with Gasteiger partial charge in [-0.1, -0.05) is 5.92 Å². The Hall–Kier alpha value is -8.31. The lowest BCUT2D eigenvalue weighted by atomic mass is 9.92. The van der Waals surface area contributed by atoms with Crippen molar-refractivity contribution in [2.45, 2.75) is 93.9 Å². The second-order valence-corrected chi connectivity index (χ2v) is 19.1. The molecular formula is C50H79N13O23. The molecule has 1 fully saturated rings. The van der Waals surface area contributed by atoms with Gasteiger partial charge in [0.15, 0.2) is 36.3 Å². The molecule has 3 aliphatic heterocycles. The van der Waals surface area contributed by atoms with Crippen molar-refractivity contribution in [2.24, 2.45) is 44.8 Å². The second-order valence-electron chi connectivity index (χ2n) is 19.1. The van der Waals surface area contributed by atoms with Crippen molar-refractivity contribution < 1.29 is 112 Å². The van der Waals surface area contributed by atoms with E-state index in [0.717, 1.165) is 26.0 Å². The SMILES string of the molecule is C#CCOCCOCCOCCOCCC(=O)N1C[C@@H](C(=O)NCCCNC(=O)O[C@@H]([C@@H]2OC(C(=O)O)=C[C@H](N=C(N)N)[C@H]2NC(C)=O)[C@H](O)CO)[C@H](C(=O)NCCCNC(=O)O[C@@H]([C@@H]2OC(C(=O)O)=C[C@H](N=C(N)N)[C@H]2NC(C)=O)[C@H](O)CO)C1. The molecule has 0 radical (unpaired) electrons. The monoisotopic (exact) mass is 1230 g/mol. The van der Waals surface area contributed by atoms with Gasteiger partial charge in [0.1, 0.15) is 18.8 Å². The number of nitrogens with zero attached hydrogens (tertiary/aromatic N) is 3. The molecule has 3 rings (SSSR count). The maximum Gasteiger partial charge on any atom is 0.407 e. The number of likely N-dealkylation sites (tertiary alicyclic amines) is 1. The van der Waals surface area contributed by atoms with E-state index < -0.39 is 163 Å². The number of rotatable bonds is 37. The molecule has 0 saturated carbocycles. The number of guanidine groups is 2. The molecule has 0 unspecified atom stereocenters. The Labute approximate surface area is 493 Å². The Balaban J connectivity index is 1.65. The zero-order valence-corrected chi connectivity index (χ0v) is 47.4. The second kappa shape index (κ2) is 37.9. The van der Waals surface area contributed by atoms with Crippen molar-refractivity contribution in [3.8, 4) is 12.3 Å². The smallest absolute Gasteiger partial charge is 0.407 e. The van der Waals surface area contributed by atoms with Crippen LogP contribution in [0.2, 0.25) is 0 Å². The minimum Gasteiger partial charge on any atom is -0.477 e. The number of nitrogens with one attached hydrogen (secondary N) is 6. The molecule has 0 aromatic carbocycles. The van der Waals surface area contributed by atoms with Gasteiger partial charge < -0.3 is 128 Å². The highest BCUT2D eigenvalue weighted by molar-refractivity contribution is 5.91. The summed E-state index contributed by atoms with van der Waals surface area (Å²) >= 11 is 0. The van der Waals surface area contributed by atoms with Crippen molar-refractivity contribution in [2.75, 3.05) is 105 Å². The first kappa shape index (κ1) is 72.0. The average Bonchev–Trinajstić information content (AvgIpc) is 1.26. The van der Waals surface area contributed by atoms with E-state index in [0.29, 0.717) is 19.8 Å². The van der Waals surface area contributed by atoms with Crippen molar-refractivity contribution >= 4 is 65.6 Å². The van der Waals surface area contributed by atoms with E-state index in [1.165, 1.54) is 4.90 Å². The maximum atomic E-state index is 13.8. The summed E-state index contributed by atoms with van der Waals surface area (Å²) in [6, 6.07) is -5.27. The minimum atomic E-state index is -1.90. The summed E-state index contributed by atoms with van der Waals surface area (Å²) in [6.07, 6.45) is -6.22. The summed E-state index contributed by atoms with van der Waals surface area (Å²) in [6.45, 7) is 0.906. The van der Waals surface area contributed by atoms with Crippen molar-refractivity contribution in [3.05, 3.63) is 23.7 Å². The van der Waals surface area contributed by atoms with E-state index in [1.54, 1.807) is 0 Å². The highest BCUT2D eigenvalue weighted by atomic mass is 16.6. The van der Waals surface area contributed by atoms with E-state index in [4.69, 9.17) is 67.3 Å². The van der Waals surface area contributed by atoms with Crippen LogP contribution in [-0.2, 0) is 71.5 Å². The first-order valence-electron chi connectivity index (χ1n) is 26.9. The summed E-state index contributed by atoms with van der Waals surface area (Å²) in [4.78, 5) is 125. The number of aliphatic carboxylic acids is 2. The number of aliphatic hydroxyl groups excluding tert-OH is 4. The number of carboxylic acid groups (broad SMARTS) is 2. The van der Waals surface area contributed by atoms with Crippen LogP contribution < -0.4 is 54.8 Å². The molecular weight excluding hydrogens is 1150 g/mol. The Kier molecular flexibility index (Phi) is 31.7. The number of carbonyl (C=O) groups excluding carboxylic acids is 7. The summed E-state index contributed by atoms with van der Waals surface area (Å²) < 4.78 is 43.3. The number of carboxylic acids is 2. The number of amides is 7. The van der Waals surface area contributed by atoms with Crippen LogP contribution in [0.3, 0.4) is 0 Å². The fourth-order valence-corrected chi connectivity index (χ4v) is 8.75. The van der Waals surface area contributed by atoms with Crippen LogP contribution in [0, 0.1) is 24.2 Å². The number of ether oxygens (including phenoxy) is 8. The third-order valence-electron chi connectivity index (χ3n) is 12.6. The van der Waals surface area contributed by atoms with Crippen LogP contribution in [0.4, 0.5) is 9.59 Å². The van der Waals surface area contributed by atoms with Crippen LogP contribution in [-0.4, -0.2) is 267 Å². The fourth-order valence-electron chi connectivity index (χ4n) is 8.75. The summed E-state index contributed by atoms with van der Waals surface area (Å²) in [5.74, 6) is -8.63. The molecule has 1 saturated heterocycles. The van der Waals surface area contributed by atoms with Gasteiger partial charge in [0, 0.05) is 53.1 Å². The van der Waals surface area contributed by atoms with Crippen molar-refractivity contribution in [3.63, 3.8) is 0 Å². The number of terminal acetylenes is 1. The van der Waals surface area contributed by atoms with Gasteiger partial charge in [-0.3, -0.25) is 24.0 Å². The van der Waals surface area contributed by atoms with Gasteiger partial charge >= 0.3 is 24.1 Å². The van der Waals surface area contributed by atoms with Crippen LogP contribution in [0.25, 0.3) is 0 Å². The number of hydrogen-bond acceptors (Lipinski definition) is 23. The van der Waals surface area contributed by atoms with Gasteiger partial charge in [0.2, 0.25) is 41.1 Å². The van der Waals surface area contributed by atoms with Crippen LogP contribution in [0.1, 0.15) is 33.1 Å². The zero-order chi connectivity index (χ0) is 63.9. The molecule has 36 heteroatoms. The molecule has 0 aromatic heterocycles. The standard InChI is InChI=1S/C50H79N13O23/c1-4-12-79-14-16-81-18-19-82-17-15-80-13-7-36(70)63-22-28(43(71)55-8-5-10-57-49(77)85-39(32(68)24-64)41-37(59-26(2)66)30(61-47(51)52)20-34(83-41)45(73)74)29(23-63)44(72)56-9-6-11-58-50(78)86-40(33(69)25-65)42-38(60-27(3)67)31(62-48(53)54)21-35(84-42)46(75)76/h1,20-21,28-33,37-42,64-65,68-69H,5-19,22-25H2,2-3H3,(H,55,71)(H,56,72)(H,57,77)(H,58,78)(H,59,66)(H,60,67)(H,73,74)(H,75,76)(H4,51,52,61)(H4,53,54,62)/t28-,29-,30+,31+,32-,33-,37-,38-,39-,40-,41-,42-/m1/s1. The van der Waals surface area contributed by atoms with Gasteiger partial charge in [-0.25, -0.2) is 29.2 Å². The lowest BCUT2D eigenvalue weighted by molar-refractivity contribution is -0.147. The minimum absolute atomic E-state index is 0.0232. The number of hydrogen-bond donors (Lipinski definition) is 16. The topological polar surface area (TPSA) is 553 Å². The molecule has 482 valence electrons. The first-order valence-corrected chi connectivity index (χ1v) is 26.9. The van der Waals surface area contributed by atoms with E-state index in [2.05, 4.69) is 47.8 Å². The predicted molar refractivity (Wildman–Crippen MR) is 294 cm³/mol. The molecule has 0 aliphatic carbocycles. The lowest BCUT2D eigenvalue weighted by Crippen LogP contribution is -2.61. The number of nitrogens with two attached hydrogens (primary N) is 4. The Bertz CT molecular complexity index is 2320. The Morgan fingerprint density at radius 2 is 1.00 bits per heavy atom. The Morgan fingerprint density at radius 1 is 0.628 bits per heavy atom. The highest BCUT2D eigenvalue weighted by Crippen LogP contribution is 2.29. The molecule has 3 heterocycles.